The molecule has 3 heterocycles. The standard InChI is InChI=1S/C17H20N4O3S2/c1-10-19-20-17(24-10)25-9-15(22)21-8-2-3-12(21)13-6-7-14(26-13)16(23)18-11-4-5-11/h6-7,11-12H,2-5,8-9H2,1H3,(H,18,23)/t12-/m1/s1. The van der Waals surface area contributed by atoms with Crippen molar-refractivity contribution in [3.8, 4) is 0 Å². The van der Waals surface area contributed by atoms with Crippen molar-refractivity contribution in [3.63, 3.8) is 0 Å². The molecule has 138 valence electrons. The smallest absolute Gasteiger partial charge is 0.277 e. The lowest BCUT2D eigenvalue weighted by molar-refractivity contribution is -0.129. The summed E-state index contributed by atoms with van der Waals surface area (Å²) < 4.78 is 5.30. The van der Waals surface area contributed by atoms with Crippen molar-refractivity contribution in [2.75, 3.05) is 12.3 Å². The van der Waals surface area contributed by atoms with Gasteiger partial charge in [-0.15, -0.1) is 21.5 Å². The van der Waals surface area contributed by atoms with Gasteiger partial charge in [0.15, 0.2) is 0 Å². The summed E-state index contributed by atoms with van der Waals surface area (Å²) in [6, 6.07) is 4.26. The summed E-state index contributed by atoms with van der Waals surface area (Å²) in [4.78, 5) is 28.5. The molecule has 1 aliphatic carbocycles. The van der Waals surface area contributed by atoms with Gasteiger partial charge in [-0.25, -0.2) is 0 Å². The summed E-state index contributed by atoms with van der Waals surface area (Å²) in [6.07, 6.45) is 4.06. The number of aryl methyl sites for hydroxylation is 1. The van der Waals surface area contributed by atoms with Crippen LogP contribution in [-0.4, -0.2) is 45.3 Å². The third-order valence-corrected chi connectivity index (χ3v) is 6.48. The number of thiophene rings is 1. The number of nitrogens with one attached hydrogen (secondary N) is 1. The maximum atomic E-state index is 12.6. The first-order chi connectivity index (χ1) is 12.6. The molecule has 2 fully saturated rings. The number of likely N-dealkylation sites (tertiary alicyclic amines) is 1. The van der Waals surface area contributed by atoms with Gasteiger partial charge in [0.05, 0.1) is 16.7 Å². The molecule has 7 nitrogen and oxygen atoms in total. The fourth-order valence-electron chi connectivity index (χ4n) is 3.04. The Bertz CT molecular complexity index is 815. The number of carbonyl (C=O) groups excluding carboxylic acids is 2. The van der Waals surface area contributed by atoms with Gasteiger partial charge < -0.3 is 14.6 Å². The Morgan fingerprint density at radius 2 is 2.19 bits per heavy atom. The SMILES string of the molecule is Cc1nnc(SCC(=O)N2CCC[C@@H]2c2ccc(C(=O)NC3CC3)s2)o1. The molecule has 4 rings (SSSR count). The number of rotatable bonds is 6. The van der Waals surface area contributed by atoms with E-state index < -0.39 is 0 Å². The van der Waals surface area contributed by atoms with Gasteiger partial charge in [-0.05, 0) is 37.8 Å². The molecule has 0 aromatic carbocycles. The second-order valence-electron chi connectivity index (χ2n) is 6.57. The summed E-state index contributed by atoms with van der Waals surface area (Å²) in [5.41, 5.74) is 0. The molecular weight excluding hydrogens is 372 g/mol. The molecule has 2 aliphatic rings. The molecule has 2 amide bonds. The first kappa shape index (κ1) is 17.5. The van der Waals surface area contributed by atoms with Gasteiger partial charge in [0.1, 0.15) is 0 Å². The molecule has 1 aliphatic heterocycles. The number of nitrogens with zero attached hydrogens (tertiary/aromatic N) is 3. The number of thioether (sulfide) groups is 1. The lowest BCUT2D eigenvalue weighted by atomic mass is 10.2. The topological polar surface area (TPSA) is 88.3 Å². The third-order valence-electron chi connectivity index (χ3n) is 4.49. The van der Waals surface area contributed by atoms with Crippen LogP contribution in [0.4, 0.5) is 0 Å². The van der Waals surface area contributed by atoms with Crippen LogP contribution in [0.2, 0.25) is 0 Å². The number of carbonyl (C=O) groups is 2. The van der Waals surface area contributed by atoms with Gasteiger partial charge in [-0.3, -0.25) is 9.59 Å². The number of aromatic nitrogens is 2. The largest absolute Gasteiger partial charge is 0.416 e. The van der Waals surface area contributed by atoms with E-state index in [1.165, 1.54) is 23.1 Å². The Kier molecular flexibility index (Phi) is 4.99. The molecule has 0 unspecified atom stereocenters. The Balaban J connectivity index is 1.38. The highest BCUT2D eigenvalue weighted by molar-refractivity contribution is 7.99. The van der Waals surface area contributed by atoms with Crippen molar-refractivity contribution in [2.24, 2.45) is 0 Å². The zero-order valence-electron chi connectivity index (χ0n) is 14.4. The zero-order chi connectivity index (χ0) is 18.1. The minimum absolute atomic E-state index is 0.00180. The average Bonchev–Trinajstić information content (AvgIpc) is 3.07. The summed E-state index contributed by atoms with van der Waals surface area (Å²) in [7, 11) is 0. The van der Waals surface area contributed by atoms with E-state index >= 15 is 0 Å². The molecule has 1 N–H and O–H groups in total. The highest BCUT2D eigenvalue weighted by Crippen LogP contribution is 2.36. The lowest BCUT2D eigenvalue weighted by Gasteiger charge is -2.23. The van der Waals surface area contributed by atoms with E-state index in [9.17, 15) is 9.59 Å². The summed E-state index contributed by atoms with van der Waals surface area (Å²) in [5, 5.41) is 11.1. The fourth-order valence-corrected chi connectivity index (χ4v) is 4.79. The average molecular weight is 393 g/mol. The van der Waals surface area contributed by atoms with Crippen molar-refractivity contribution in [3.05, 3.63) is 27.8 Å². The second kappa shape index (κ2) is 7.40. The third kappa shape index (κ3) is 3.93. The van der Waals surface area contributed by atoms with Crippen LogP contribution in [-0.2, 0) is 4.79 Å². The van der Waals surface area contributed by atoms with Crippen LogP contribution in [0.25, 0.3) is 0 Å². The molecule has 2 aromatic heterocycles. The maximum absolute atomic E-state index is 12.6. The van der Waals surface area contributed by atoms with E-state index in [1.54, 1.807) is 6.92 Å². The quantitative estimate of drug-likeness (QED) is 0.761. The normalized spacial score (nSPS) is 19.7. The van der Waals surface area contributed by atoms with Crippen molar-refractivity contribution in [2.45, 2.75) is 49.9 Å². The summed E-state index contributed by atoms with van der Waals surface area (Å²) in [6.45, 7) is 2.47. The molecule has 2 aromatic rings. The Labute approximate surface area is 159 Å². The minimum Gasteiger partial charge on any atom is -0.416 e. The summed E-state index contributed by atoms with van der Waals surface area (Å²) >= 11 is 2.76. The first-order valence-corrected chi connectivity index (χ1v) is 10.5. The minimum atomic E-state index is 0.00180. The van der Waals surface area contributed by atoms with Crippen LogP contribution in [0.1, 0.15) is 52.2 Å². The number of amides is 2. The van der Waals surface area contributed by atoms with E-state index in [-0.39, 0.29) is 23.6 Å². The molecule has 9 heteroatoms. The lowest BCUT2D eigenvalue weighted by Crippen LogP contribution is -2.31. The number of hydrogen-bond donors (Lipinski definition) is 1. The van der Waals surface area contributed by atoms with Crippen molar-refractivity contribution in [1.82, 2.24) is 20.4 Å². The molecule has 0 bridgehead atoms. The van der Waals surface area contributed by atoms with E-state index in [2.05, 4.69) is 15.5 Å². The Morgan fingerprint density at radius 3 is 2.92 bits per heavy atom. The van der Waals surface area contributed by atoms with Crippen molar-refractivity contribution in [1.29, 1.82) is 0 Å². The fraction of sp³-hybridized carbons (Fsp3) is 0.529. The highest BCUT2D eigenvalue weighted by Gasteiger charge is 2.32. The molecule has 1 saturated carbocycles. The van der Waals surface area contributed by atoms with Gasteiger partial charge in [0.2, 0.25) is 11.8 Å². The van der Waals surface area contributed by atoms with Crippen LogP contribution >= 0.6 is 23.1 Å². The van der Waals surface area contributed by atoms with Crippen molar-refractivity contribution < 1.29 is 14.0 Å². The van der Waals surface area contributed by atoms with Crippen LogP contribution in [0, 0.1) is 6.92 Å². The zero-order valence-corrected chi connectivity index (χ0v) is 16.1. The second-order valence-corrected chi connectivity index (χ2v) is 8.61. The van der Waals surface area contributed by atoms with E-state index in [1.807, 2.05) is 17.0 Å². The van der Waals surface area contributed by atoms with E-state index in [0.717, 1.165) is 42.0 Å². The molecule has 1 saturated heterocycles. The predicted molar refractivity (Wildman–Crippen MR) is 98.3 cm³/mol. The van der Waals surface area contributed by atoms with Gasteiger partial charge >= 0.3 is 0 Å². The Morgan fingerprint density at radius 1 is 1.35 bits per heavy atom. The monoisotopic (exact) mass is 392 g/mol. The molecule has 0 spiro atoms. The molecule has 26 heavy (non-hydrogen) atoms. The number of hydrogen-bond acceptors (Lipinski definition) is 7. The van der Waals surface area contributed by atoms with Gasteiger partial charge in [0, 0.05) is 24.4 Å². The summed E-state index contributed by atoms with van der Waals surface area (Å²) in [5.74, 6) is 0.834. The van der Waals surface area contributed by atoms with Gasteiger partial charge in [0.25, 0.3) is 11.1 Å². The van der Waals surface area contributed by atoms with Crippen molar-refractivity contribution >= 4 is 34.9 Å². The molecule has 0 radical (unpaired) electrons. The Hall–Kier alpha value is -1.87. The maximum Gasteiger partial charge on any atom is 0.277 e. The van der Waals surface area contributed by atoms with Crippen LogP contribution in [0.3, 0.4) is 0 Å². The van der Waals surface area contributed by atoms with Crippen LogP contribution in [0.15, 0.2) is 21.8 Å². The van der Waals surface area contributed by atoms with Gasteiger partial charge in [-0.1, -0.05) is 11.8 Å². The highest BCUT2D eigenvalue weighted by atomic mass is 32.2. The first-order valence-electron chi connectivity index (χ1n) is 8.73. The molecule has 1 atom stereocenters. The van der Waals surface area contributed by atoms with Crippen LogP contribution < -0.4 is 5.32 Å². The van der Waals surface area contributed by atoms with E-state index in [0.29, 0.717) is 17.2 Å². The van der Waals surface area contributed by atoms with Gasteiger partial charge in [-0.2, -0.15) is 0 Å². The van der Waals surface area contributed by atoms with E-state index in [4.69, 9.17) is 4.42 Å². The predicted octanol–water partition coefficient (Wildman–Crippen LogP) is 2.79. The molecular formula is C17H20N4O3S2. The van der Waals surface area contributed by atoms with Crippen LogP contribution in [0.5, 0.6) is 0 Å².